The summed E-state index contributed by atoms with van der Waals surface area (Å²) < 4.78 is 10.5. The quantitative estimate of drug-likeness (QED) is 0.743. The zero-order valence-electron chi connectivity index (χ0n) is 15.4. The average molecular weight is 376 g/mol. The second-order valence-electron chi connectivity index (χ2n) is 6.07. The van der Waals surface area contributed by atoms with Crippen LogP contribution in [0.1, 0.15) is 29.1 Å². The lowest BCUT2D eigenvalue weighted by molar-refractivity contribution is -0.124. The number of nitrogens with one attached hydrogen (secondary N) is 2. The highest BCUT2D eigenvalue weighted by atomic mass is 32.1. The van der Waals surface area contributed by atoms with Crippen LogP contribution in [0.4, 0.5) is 0 Å². The molecule has 0 aliphatic heterocycles. The molecule has 1 aromatic carbocycles. The summed E-state index contributed by atoms with van der Waals surface area (Å²) in [7, 11) is 3.16. The number of carbonyl (C=O) groups excluding carboxylic acids is 2. The van der Waals surface area contributed by atoms with Gasteiger partial charge in [-0.25, -0.2) is 0 Å². The van der Waals surface area contributed by atoms with E-state index in [0.29, 0.717) is 16.4 Å². The van der Waals surface area contributed by atoms with Crippen LogP contribution in [0.25, 0.3) is 0 Å². The van der Waals surface area contributed by atoms with E-state index in [1.54, 1.807) is 38.5 Å². The van der Waals surface area contributed by atoms with Crippen molar-refractivity contribution in [2.45, 2.75) is 26.4 Å². The molecular formula is C19H24N2O4S. The van der Waals surface area contributed by atoms with Crippen molar-refractivity contribution in [2.75, 3.05) is 14.2 Å². The molecule has 2 amide bonds. The molecule has 0 radical (unpaired) electrons. The van der Waals surface area contributed by atoms with Gasteiger partial charge in [-0.05, 0) is 35.6 Å². The summed E-state index contributed by atoms with van der Waals surface area (Å²) in [5.74, 6) is 0.810. The first-order chi connectivity index (χ1) is 12.5. The Morgan fingerprint density at radius 3 is 2.50 bits per heavy atom. The van der Waals surface area contributed by atoms with Crippen LogP contribution in [0.3, 0.4) is 0 Å². The normalized spacial score (nSPS) is 11.7. The Labute approximate surface area is 157 Å². The van der Waals surface area contributed by atoms with Crippen molar-refractivity contribution < 1.29 is 19.1 Å². The summed E-state index contributed by atoms with van der Waals surface area (Å²) >= 11 is 1.34. The molecular weight excluding hydrogens is 352 g/mol. The van der Waals surface area contributed by atoms with E-state index < -0.39 is 6.04 Å². The molecule has 26 heavy (non-hydrogen) atoms. The lowest BCUT2D eigenvalue weighted by Crippen LogP contribution is -2.49. The molecule has 6 nitrogen and oxygen atoms in total. The minimum absolute atomic E-state index is 0.0499. The molecule has 0 aliphatic rings. The molecule has 0 aliphatic carbocycles. The summed E-state index contributed by atoms with van der Waals surface area (Å²) in [5, 5.41) is 7.51. The molecule has 2 aromatic rings. The minimum atomic E-state index is -0.624. The lowest BCUT2D eigenvalue weighted by Gasteiger charge is -2.22. The number of carbonyl (C=O) groups is 2. The van der Waals surface area contributed by atoms with Crippen LogP contribution in [0.15, 0.2) is 35.7 Å². The van der Waals surface area contributed by atoms with Crippen LogP contribution in [-0.2, 0) is 11.3 Å². The summed E-state index contributed by atoms with van der Waals surface area (Å²) in [6.45, 7) is 4.06. The van der Waals surface area contributed by atoms with Crippen LogP contribution in [0, 0.1) is 5.92 Å². The standard InChI is InChI=1S/C19H24N2O4S/c1-12(2)17(21-18(22)16-6-5-9-26-16)19(23)20-11-13-10-14(24-3)7-8-15(13)25-4/h5-10,12,17H,11H2,1-4H3,(H,20,23)(H,21,22). The van der Waals surface area contributed by atoms with Gasteiger partial charge in [0.25, 0.3) is 5.91 Å². The molecule has 1 aromatic heterocycles. The Morgan fingerprint density at radius 2 is 1.92 bits per heavy atom. The first-order valence-corrected chi connectivity index (χ1v) is 9.17. The number of thiophene rings is 1. The highest BCUT2D eigenvalue weighted by Gasteiger charge is 2.25. The largest absolute Gasteiger partial charge is 0.497 e. The lowest BCUT2D eigenvalue weighted by atomic mass is 10.0. The number of methoxy groups -OCH3 is 2. The molecule has 2 N–H and O–H groups in total. The fraction of sp³-hybridized carbons (Fsp3) is 0.368. The molecule has 7 heteroatoms. The third-order valence-electron chi connectivity index (χ3n) is 3.92. The number of ether oxygens (including phenoxy) is 2. The van der Waals surface area contributed by atoms with Gasteiger partial charge in [0.15, 0.2) is 0 Å². The zero-order valence-corrected chi connectivity index (χ0v) is 16.2. The van der Waals surface area contributed by atoms with E-state index in [1.807, 2.05) is 25.3 Å². The van der Waals surface area contributed by atoms with Gasteiger partial charge in [0, 0.05) is 12.1 Å². The van der Waals surface area contributed by atoms with Crippen LogP contribution in [0.5, 0.6) is 11.5 Å². The molecule has 0 fully saturated rings. The summed E-state index contributed by atoms with van der Waals surface area (Å²) in [6.07, 6.45) is 0. The summed E-state index contributed by atoms with van der Waals surface area (Å²) in [4.78, 5) is 25.5. The molecule has 0 bridgehead atoms. The van der Waals surface area contributed by atoms with Crippen molar-refractivity contribution in [1.82, 2.24) is 10.6 Å². The third kappa shape index (κ3) is 4.98. The molecule has 0 spiro atoms. The predicted octanol–water partition coefficient (Wildman–Crippen LogP) is 2.84. The van der Waals surface area contributed by atoms with Gasteiger partial charge >= 0.3 is 0 Å². The highest BCUT2D eigenvalue weighted by molar-refractivity contribution is 7.12. The fourth-order valence-corrected chi connectivity index (χ4v) is 3.09. The maximum absolute atomic E-state index is 12.6. The van der Waals surface area contributed by atoms with Crippen LogP contribution in [-0.4, -0.2) is 32.1 Å². The Kier molecular flexibility index (Phi) is 7.03. The van der Waals surface area contributed by atoms with Crippen LogP contribution < -0.4 is 20.1 Å². The van der Waals surface area contributed by atoms with Crippen molar-refractivity contribution in [3.05, 3.63) is 46.2 Å². The molecule has 1 heterocycles. The van der Waals surface area contributed by atoms with Gasteiger partial charge in [0.2, 0.25) is 5.91 Å². The second-order valence-corrected chi connectivity index (χ2v) is 7.02. The van der Waals surface area contributed by atoms with Gasteiger partial charge in [0.05, 0.1) is 19.1 Å². The monoisotopic (exact) mass is 376 g/mol. The maximum Gasteiger partial charge on any atom is 0.262 e. The molecule has 1 unspecified atom stereocenters. The number of benzene rings is 1. The van der Waals surface area contributed by atoms with Gasteiger partial charge in [-0.2, -0.15) is 0 Å². The van der Waals surface area contributed by atoms with E-state index in [9.17, 15) is 9.59 Å². The number of rotatable bonds is 8. The van der Waals surface area contributed by atoms with E-state index in [4.69, 9.17) is 9.47 Å². The fourth-order valence-electron chi connectivity index (χ4n) is 2.47. The van der Waals surface area contributed by atoms with E-state index in [-0.39, 0.29) is 24.3 Å². The number of amides is 2. The maximum atomic E-state index is 12.6. The van der Waals surface area contributed by atoms with Crippen molar-refractivity contribution in [3.8, 4) is 11.5 Å². The SMILES string of the molecule is COc1ccc(OC)c(CNC(=O)C(NC(=O)c2cccs2)C(C)C)c1. The first kappa shape index (κ1) is 19.8. The topological polar surface area (TPSA) is 76.7 Å². The molecule has 140 valence electrons. The molecule has 0 saturated carbocycles. The van der Waals surface area contributed by atoms with Gasteiger partial charge < -0.3 is 20.1 Å². The summed E-state index contributed by atoms with van der Waals surface area (Å²) in [6, 6.07) is 8.31. The number of hydrogen-bond donors (Lipinski definition) is 2. The Balaban J connectivity index is 2.05. The minimum Gasteiger partial charge on any atom is -0.497 e. The molecule has 2 rings (SSSR count). The summed E-state index contributed by atoms with van der Waals surface area (Å²) in [5.41, 5.74) is 0.798. The Morgan fingerprint density at radius 1 is 1.15 bits per heavy atom. The van der Waals surface area contributed by atoms with Gasteiger partial charge in [-0.15, -0.1) is 11.3 Å². The first-order valence-electron chi connectivity index (χ1n) is 8.29. The predicted molar refractivity (Wildman–Crippen MR) is 102 cm³/mol. The van der Waals surface area contributed by atoms with Crippen molar-refractivity contribution in [1.29, 1.82) is 0 Å². The van der Waals surface area contributed by atoms with E-state index in [2.05, 4.69) is 10.6 Å². The zero-order chi connectivity index (χ0) is 19.1. The number of hydrogen-bond acceptors (Lipinski definition) is 5. The van der Waals surface area contributed by atoms with Crippen molar-refractivity contribution >= 4 is 23.2 Å². The van der Waals surface area contributed by atoms with Gasteiger partial charge in [0.1, 0.15) is 17.5 Å². The van der Waals surface area contributed by atoms with Gasteiger partial charge in [-0.1, -0.05) is 19.9 Å². The Bertz CT molecular complexity index is 744. The van der Waals surface area contributed by atoms with E-state index in [1.165, 1.54) is 11.3 Å². The van der Waals surface area contributed by atoms with E-state index >= 15 is 0 Å². The molecule has 0 saturated heterocycles. The second kappa shape index (κ2) is 9.24. The van der Waals surface area contributed by atoms with Gasteiger partial charge in [-0.3, -0.25) is 9.59 Å². The highest BCUT2D eigenvalue weighted by Crippen LogP contribution is 2.23. The van der Waals surface area contributed by atoms with Crippen LogP contribution in [0.2, 0.25) is 0 Å². The van der Waals surface area contributed by atoms with Crippen molar-refractivity contribution in [2.24, 2.45) is 5.92 Å². The third-order valence-corrected chi connectivity index (χ3v) is 4.79. The van der Waals surface area contributed by atoms with Crippen molar-refractivity contribution in [3.63, 3.8) is 0 Å². The molecule has 1 atom stereocenters. The smallest absolute Gasteiger partial charge is 0.262 e. The van der Waals surface area contributed by atoms with Crippen LogP contribution >= 0.6 is 11.3 Å². The Hall–Kier alpha value is -2.54. The average Bonchev–Trinajstić information content (AvgIpc) is 3.18. The van der Waals surface area contributed by atoms with E-state index in [0.717, 1.165) is 5.56 Å².